The van der Waals surface area contributed by atoms with Crippen LogP contribution in [0.5, 0.6) is 0 Å². The Morgan fingerprint density at radius 1 is 0.913 bits per heavy atom. The number of rotatable bonds is 5. The Morgan fingerprint density at radius 2 is 1.72 bits per heavy atom. The average molecular weight is 646 g/mol. The summed E-state index contributed by atoms with van der Waals surface area (Å²) in [5.74, 6) is -2.89. The summed E-state index contributed by atoms with van der Waals surface area (Å²) in [7, 11) is 0. The van der Waals surface area contributed by atoms with Crippen molar-refractivity contribution in [3.8, 4) is 16.9 Å². The Labute approximate surface area is 264 Å². The highest BCUT2D eigenvalue weighted by molar-refractivity contribution is 7.18. The zero-order valence-corrected chi connectivity index (χ0v) is 25.4. The number of aryl methyl sites for hydroxylation is 2. The van der Waals surface area contributed by atoms with Crippen LogP contribution in [-0.4, -0.2) is 53.6 Å². The highest BCUT2D eigenvalue weighted by Crippen LogP contribution is 2.44. The van der Waals surface area contributed by atoms with Crippen LogP contribution in [0.15, 0.2) is 66.9 Å². The maximum atomic E-state index is 14.1. The molecule has 5 heterocycles. The van der Waals surface area contributed by atoms with E-state index in [9.17, 15) is 13.2 Å². The lowest BCUT2D eigenvalue weighted by Crippen LogP contribution is -2.51. The second-order valence-corrected chi connectivity index (χ2v) is 12.5. The van der Waals surface area contributed by atoms with Crippen molar-refractivity contribution in [3.05, 3.63) is 107 Å². The lowest BCUT2D eigenvalue weighted by atomic mass is 9.93. The van der Waals surface area contributed by atoms with Gasteiger partial charge in [0.2, 0.25) is 0 Å². The molecule has 0 N–H and O–H groups in total. The van der Waals surface area contributed by atoms with E-state index in [1.807, 2.05) is 60.9 Å². The van der Waals surface area contributed by atoms with Gasteiger partial charge in [0.25, 0.3) is 0 Å². The summed E-state index contributed by atoms with van der Waals surface area (Å²) in [6.45, 7) is 4.08. The van der Waals surface area contributed by atoms with E-state index in [0.29, 0.717) is 18.1 Å². The van der Waals surface area contributed by atoms with Gasteiger partial charge in [-0.25, -0.2) is 22.8 Å². The molecule has 0 radical (unpaired) electrons. The first-order chi connectivity index (χ1) is 22.3. The molecule has 14 heteroatoms. The fourth-order valence-corrected chi connectivity index (χ4v) is 7.04. The minimum atomic E-state index is -1.54. The molecule has 0 saturated carbocycles. The van der Waals surface area contributed by atoms with Crippen LogP contribution < -0.4 is 0 Å². The van der Waals surface area contributed by atoms with Gasteiger partial charge in [0.1, 0.15) is 29.8 Å². The number of thiazole rings is 1. The van der Waals surface area contributed by atoms with Crippen LogP contribution in [0.1, 0.15) is 47.1 Å². The summed E-state index contributed by atoms with van der Waals surface area (Å²) >= 11 is 1.61. The lowest BCUT2D eigenvalue weighted by Gasteiger charge is -2.45. The molecule has 5 atom stereocenters. The van der Waals surface area contributed by atoms with Gasteiger partial charge in [-0.05, 0) is 44.2 Å². The number of fused-ring (bicyclic) bond motifs is 2. The first-order valence-corrected chi connectivity index (χ1v) is 15.5. The Hall–Kier alpha value is -4.50. The van der Waals surface area contributed by atoms with Gasteiger partial charge < -0.3 is 14.2 Å². The predicted octanol–water partition coefficient (Wildman–Crippen LogP) is 6.36. The topological polar surface area (TPSA) is 102 Å². The number of benzene rings is 3. The molecule has 0 bridgehead atoms. The van der Waals surface area contributed by atoms with Crippen LogP contribution in [0.4, 0.5) is 13.2 Å². The minimum Gasteiger partial charge on any atom is -0.362 e. The molecule has 0 spiro atoms. The van der Waals surface area contributed by atoms with Gasteiger partial charge in [0, 0.05) is 17.5 Å². The normalized spacial score (nSPS) is 23.1. The van der Waals surface area contributed by atoms with Gasteiger partial charge in [-0.2, -0.15) is 0 Å². The van der Waals surface area contributed by atoms with E-state index in [1.165, 1.54) is 0 Å². The van der Waals surface area contributed by atoms with Crippen molar-refractivity contribution in [2.45, 2.75) is 50.9 Å². The number of nitrogens with zero attached hydrogens (tertiary/aromatic N) is 7. The molecule has 10 nitrogen and oxygen atoms in total. The zero-order valence-electron chi connectivity index (χ0n) is 24.5. The van der Waals surface area contributed by atoms with Crippen LogP contribution in [0.2, 0.25) is 0 Å². The van der Waals surface area contributed by atoms with Gasteiger partial charge >= 0.3 is 0 Å². The quantitative estimate of drug-likeness (QED) is 0.200. The summed E-state index contributed by atoms with van der Waals surface area (Å²) in [4.78, 5) is 4.57. The SMILES string of the molecule is Cc1nc2ccc(-n3c(C)nnc3[C@H]3C[C@@H](n4cc(-c5cc(F)c(F)c(F)c5)nn4)[C@H]4O[C@@H](c5ccccc5)OC[C@H]4O3)cc2s1. The average Bonchev–Trinajstić information content (AvgIpc) is 3.80. The fraction of sp³-hybridized carbons (Fsp3) is 0.281. The molecule has 0 unspecified atom stereocenters. The Kier molecular flexibility index (Phi) is 7.16. The second-order valence-electron chi connectivity index (χ2n) is 11.3. The molecule has 3 aromatic heterocycles. The number of hydrogen-bond donors (Lipinski definition) is 0. The second kappa shape index (κ2) is 11.4. The maximum Gasteiger partial charge on any atom is 0.194 e. The fourth-order valence-electron chi connectivity index (χ4n) is 6.18. The summed E-state index contributed by atoms with van der Waals surface area (Å²) in [6, 6.07) is 16.9. The van der Waals surface area contributed by atoms with E-state index in [2.05, 4.69) is 31.6 Å². The van der Waals surface area contributed by atoms with E-state index >= 15 is 0 Å². The van der Waals surface area contributed by atoms with Crippen LogP contribution in [0.25, 0.3) is 27.2 Å². The molecule has 0 aliphatic carbocycles. The van der Waals surface area contributed by atoms with E-state index in [4.69, 9.17) is 14.2 Å². The van der Waals surface area contributed by atoms with Gasteiger partial charge in [-0.1, -0.05) is 35.5 Å². The summed E-state index contributed by atoms with van der Waals surface area (Å²) in [5, 5.41) is 18.4. The molecule has 2 saturated heterocycles. The van der Waals surface area contributed by atoms with Crippen molar-refractivity contribution < 1.29 is 27.4 Å². The molecule has 46 heavy (non-hydrogen) atoms. The molecular formula is C32H26F3N7O3S. The van der Waals surface area contributed by atoms with E-state index in [0.717, 1.165) is 38.6 Å². The van der Waals surface area contributed by atoms with E-state index < -0.39 is 48.1 Å². The van der Waals surface area contributed by atoms with Crippen LogP contribution in [0, 0.1) is 31.3 Å². The monoisotopic (exact) mass is 645 g/mol. The van der Waals surface area contributed by atoms with Crippen LogP contribution >= 0.6 is 11.3 Å². The minimum absolute atomic E-state index is 0.0573. The molecule has 3 aromatic carbocycles. The van der Waals surface area contributed by atoms with Gasteiger partial charge in [0.15, 0.2) is 29.6 Å². The smallest absolute Gasteiger partial charge is 0.194 e. The van der Waals surface area contributed by atoms with Crippen molar-refractivity contribution >= 4 is 21.6 Å². The number of aromatic nitrogens is 7. The van der Waals surface area contributed by atoms with Crippen molar-refractivity contribution in [1.29, 1.82) is 0 Å². The highest BCUT2D eigenvalue weighted by Gasteiger charge is 2.47. The summed E-state index contributed by atoms with van der Waals surface area (Å²) < 4.78 is 65.7. The molecule has 2 aliphatic heterocycles. The van der Waals surface area contributed by atoms with Crippen molar-refractivity contribution in [2.75, 3.05) is 6.61 Å². The first kappa shape index (κ1) is 28.9. The zero-order chi connectivity index (χ0) is 31.5. The van der Waals surface area contributed by atoms with E-state index in [-0.39, 0.29) is 17.9 Å². The maximum absolute atomic E-state index is 14.1. The Morgan fingerprint density at radius 3 is 2.52 bits per heavy atom. The van der Waals surface area contributed by atoms with Gasteiger partial charge in [0.05, 0.1) is 39.8 Å². The third kappa shape index (κ3) is 5.07. The lowest BCUT2D eigenvalue weighted by molar-refractivity contribution is -0.302. The molecule has 0 amide bonds. The van der Waals surface area contributed by atoms with Crippen molar-refractivity contribution in [2.24, 2.45) is 0 Å². The molecule has 234 valence electrons. The van der Waals surface area contributed by atoms with Gasteiger partial charge in [-0.3, -0.25) is 4.57 Å². The number of halogens is 3. The summed E-state index contributed by atoms with van der Waals surface area (Å²) in [5.41, 5.74) is 2.88. The van der Waals surface area contributed by atoms with Crippen molar-refractivity contribution in [1.82, 2.24) is 34.7 Å². The largest absolute Gasteiger partial charge is 0.362 e. The predicted molar refractivity (Wildman–Crippen MR) is 161 cm³/mol. The molecular weight excluding hydrogens is 619 g/mol. The first-order valence-electron chi connectivity index (χ1n) is 14.7. The number of ether oxygens (including phenoxy) is 3. The van der Waals surface area contributed by atoms with Crippen molar-refractivity contribution in [3.63, 3.8) is 0 Å². The third-order valence-corrected chi connectivity index (χ3v) is 9.24. The van der Waals surface area contributed by atoms with Crippen LogP contribution in [0.3, 0.4) is 0 Å². The molecule has 6 aromatic rings. The summed E-state index contributed by atoms with van der Waals surface area (Å²) in [6.07, 6.45) is -0.316. The molecule has 2 aliphatic rings. The Bertz CT molecular complexity index is 2040. The van der Waals surface area contributed by atoms with E-state index in [1.54, 1.807) is 22.2 Å². The van der Waals surface area contributed by atoms with Crippen LogP contribution in [-0.2, 0) is 14.2 Å². The molecule has 2 fully saturated rings. The standard InChI is InChI=1S/C32H26F3N7O3S/c1-16-37-39-31(42(16)20-8-9-23-28(12-20)46-17(2)36-23)26-13-25(30-27(44-26)15-43-32(45-30)18-6-4-3-5-7-18)41-14-24(38-40-41)19-10-21(33)29(35)22(34)11-19/h3-12,14,25-27,30,32H,13,15H2,1-2H3/t25-,26-,27-,30-,32+/m1/s1. The molecule has 8 rings (SSSR count). The third-order valence-electron chi connectivity index (χ3n) is 8.31. The van der Waals surface area contributed by atoms with Gasteiger partial charge in [-0.15, -0.1) is 26.6 Å². The highest BCUT2D eigenvalue weighted by atomic mass is 32.1. The number of hydrogen-bond acceptors (Lipinski definition) is 9. The Balaban J connectivity index is 1.17.